The van der Waals surface area contributed by atoms with Gasteiger partial charge in [-0.25, -0.2) is 8.42 Å². The Balaban J connectivity index is 2.01. The summed E-state index contributed by atoms with van der Waals surface area (Å²) in [5.41, 5.74) is 0.795. The molecular formula is C14H22N4O5S2. The molecule has 1 fully saturated rings. The molecule has 11 heteroatoms. The van der Waals surface area contributed by atoms with Crippen LogP contribution in [-0.4, -0.2) is 82.8 Å². The summed E-state index contributed by atoms with van der Waals surface area (Å²) in [4.78, 5) is 14.1. The fourth-order valence-corrected chi connectivity index (χ4v) is 4.08. The number of nitrogens with one attached hydrogen (secondary N) is 1. The Bertz CT molecular complexity index is 826. The molecule has 0 spiro atoms. The van der Waals surface area contributed by atoms with E-state index >= 15 is 0 Å². The van der Waals surface area contributed by atoms with Crippen molar-refractivity contribution in [2.75, 3.05) is 51.3 Å². The van der Waals surface area contributed by atoms with E-state index in [4.69, 9.17) is 0 Å². The van der Waals surface area contributed by atoms with Crippen LogP contribution in [0.5, 0.6) is 0 Å². The predicted molar refractivity (Wildman–Crippen MR) is 95.0 cm³/mol. The largest absolute Gasteiger partial charge is 0.336 e. The van der Waals surface area contributed by atoms with Crippen LogP contribution in [0.15, 0.2) is 24.3 Å². The number of carbonyl (C=O) groups excluding carboxylic acids is 1. The number of nitrogens with zero attached hydrogens (tertiary/aromatic N) is 3. The van der Waals surface area contributed by atoms with Crippen molar-refractivity contribution in [3.05, 3.63) is 29.8 Å². The van der Waals surface area contributed by atoms with E-state index in [1.165, 1.54) is 30.5 Å². The van der Waals surface area contributed by atoms with Crippen molar-refractivity contribution in [2.45, 2.75) is 0 Å². The van der Waals surface area contributed by atoms with Gasteiger partial charge in [0.2, 0.25) is 10.0 Å². The van der Waals surface area contributed by atoms with Crippen molar-refractivity contribution in [3.8, 4) is 0 Å². The van der Waals surface area contributed by atoms with Gasteiger partial charge in [0.15, 0.2) is 0 Å². The molecule has 0 bridgehead atoms. The van der Waals surface area contributed by atoms with Crippen LogP contribution < -0.4 is 4.72 Å². The first-order valence-electron chi connectivity index (χ1n) is 7.55. The fraction of sp³-hybridized carbons (Fsp3) is 0.500. The lowest BCUT2D eigenvalue weighted by molar-refractivity contribution is 0.0695. The second-order valence-corrected chi connectivity index (χ2v) is 9.82. The van der Waals surface area contributed by atoms with Gasteiger partial charge in [0.1, 0.15) is 0 Å². The van der Waals surface area contributed by atoms with Gasteiger partial charge in [-0.2, -0.15) is 17.0 Å². The van der Waals surface area contributed by atoms with E-state index in [-0.39, 0.29) is 19.0 Å². The molecule has 1 aromatic carbocycles. The molecule has 0 aliphatic carbocycles. The number of rotatable bonds is 5. The number of hydrogen-bond donors (Lipinski definition) is 1. The van der Waals surface area contributed by atoms with E-state index < -0.39 is 20.2 Å². The highest BCUT2D eigenvalue weighted by molar-refractivity contribution is 7.92. The number of amides is 1. The van der Waals surface area contributed by atoms with Gasteiger partial charge in [0.05, 0.1) is 6.26 Å². The molecule has 1 saturated heterocycles. The normalized spacial score (nSPS) is 16.9. The molecule has 0 aromatic heterocycles. The summed E-state index contributed by atoms with van der Waals surface area (Å²) < 4.78 is 51.3. The van der Waals surface area contributed by atoms with E-state index in [0.29, 0.717) is 24.3 Å². The summed E-state index contributed by atoms with van der Waals surface area (Å²) in [7, 11) is -3.90. The molecule has 1 aliphatic rings. The molecule has 1 amide bonds. The molecule has 25 heavy (non-hydrogen) atoms. The van der Waals surface area contributed by atoms with Crippen molar-refractivity contribution >= 4 is 31.8 Å². The Labute approximate surface area is 148 Å². The van der Waals surface area contributed by atoms with Crippen LogP contribution in [0.3, 0.4) is 0 Å². The van der Waals surface area contributed by atoms with Crippen LogP contribution in [-0.2, 0) is 20.2 Å². The Morgan fingerprint density at radius 1 is 1.00 bits per heavy atom. The third-order valence-electron chi connectivity index (χ3n) is 3.75. The Morgan fingerprint density at radius 3 is 1.96 bits per heavy atom. The maximum atomic E-state index is 12.5. The third kappa shape index (κ3) is 4.91. The highest BCUT2D eigenvalue weighted by Gasteiger charge is 2.30. The number of anilines is 1. The molecule has 140 valence electrons. The van der Waals surface area contributed by atoms with Gasteiger partial charge < -0.3 is 4.90 Å². The van der Waals surface area contributed by atoms with Crippen molar-refractivity contribution < 1.29 is 21.6 Å². The second-order valence-electron chi connectivity index (χ2n) is 5.93. The first-order chi connectivity index (χ1) is 11.5. The Kier molecular flexibility index (Phi) is 5.72. The van der Waals surface area contributed by atoms with Gasteiger partial charge in [0.25, 0.3) is 16.1 Å². The fourth-order valence-electron chi connectivity index (χ4n) is 2.43. The Morgan fingerprint density at radius 2 is 1.52 bits per heavy atom. The topological polar surface area (TPSA) is 107 Å². The van der Waals surface area contributed by atoms with Crippen LogP contribution in [0.1, 0.15) is 10.4 Å². The lowest BCUT2D eigenvalue weighted by Crippen LogP contribution is -2.53. The van der Waals surface area contributed by atoms with Crippen molar-refractivity contribution in [3.63, 3.8) is 0 Å². The van der Waals surface area contributed by atoms with Gasteiger partial charge in [-0.05, 0) is 24.3 Å². The third-order valence-corrected chi connectivity index (χ3v) is 6.30. The van der Waals surface area contributed by atoms with E-state index in [0.717, 1.165) is 10.6 Å². The number of hydrogen-bond acceptors (Lipinski definition) is 5. The summed E-state index contributed by atoms with van der Waals surface area (Å²) in [6.07, 6.45) is 1.05. The highest BCUT2D eigenvalue weighted by atomic mass is 32.2. The number of sulfonamides is 1. The summed E-state index contributed by atoms with van der Waals surface area (Å²) in [5, 5.41) is 0. The molecule has 1 heterocycles. The molecule has 0 radical (unpaired) electrons. The monoisotopic (exact) mass is 390 g/mol. The highest BCUT2D eigenvalue weighted by Crippen LogP contribution is 2.15. The molecule has 9 nitrogen and oxygen atoms in total. The standard InChI is InChI=1S/C14H22N4O5S2/c1-16(2)25(22,23)18-10-8-17(9-11-18)14(19)12-4-6-13(7-5-12)15-24(3,20)21/h4-7,15H,8-11H2,1-3H3. The maximum absolute atomic E-state index is 12.5. The lowest BCUT2D eigenvalue weighted by Gasteiger charge is -2.35. The average molecular weight is 390 g/mol. The van der Waals surface area contributed by atoms with Gasteiger partial charge in [-0.1, -0.05) is 0 Å². The van der Waals surface area contributed by atoms with E-state index in [9.17, 15) is 21.6 Å². The van der Waals surface area contributed by atoms with Crippen LogP contribution in [0, 0.1) is 0 Å². The van der Waals surface area contributed by atoms with Crippen LogP contribution >= 0.6 is 0 Å². The predicted octanol–water partition coefficient (Wildman–Crippen LogP) is -0.378. The zero-order valence-electron chi connectivity index (χ0n) is 14.3. The van der Waals surface area contributed by atoms with Crippen molar-refractivity contribution in [2.24, 2.45) is 0 Å². The first-order valence-corrected chi connectivity index (χ1v) is 10.8. The van der Waals surface area contributed by atoms with Gasteiger partial charge >= 0.3 is 0 Å². The molecule has 1 aliphatic heterocycles. The van der Waals surface area contributed by atoms with Crippen LogP contribution in [0.4, 0.5) is 5.69 Å². The smallest absolute Gasteiger partial charge is 0.281 e. The SMILES string of the molecule is CN(C)S(=O)(=O)N1CCN(C(=O)c2ccc(NS(C)(=O)=O)cc2)CC1. The van der Waals surface area contributed by atoms with Gasteiger partial charge in [-0.3, -0.25) is 9.52 Å². The van der Waals surface area contributed by atoms with Crippen molar-refractivity contribution in [1.29, 1.82) is 0 Å². The van der Waals surface area contributed by atoms with Crippen molar-refractivity contribution in [1.82, 2.24) is 13.5 Å². The van der Waals surface area contributed by atoms with E-state index in [1.807, 2.05) is 0 Å². The first kappa shape index (κ1) is 19.6. The molecule has 0 atom stereocenters. The van der Waals surface area contributed by atoms with E-state index in [1.54, 1.807) is 17.0 Å². The van der Waals surface area contributed by atoms with Crippen LogP contribution in [0.2, 0.25) is 0 Å². The molecule has 1 N–H and O–H groups in total. The average Bonchev–Trinajstić information content (AvgIpc) is 2.53. The summed E-state index contributed by atoms with van der Waals surface area (Å²) in [5.74, 6) is -0.215. The van der Waals surface area contributed by atoms with Gasteiger partial charge in [-0.15, -0.1) is 0 Å². The molecule has 1 aromatic rings. The molecular weight excluding hydrogens is 368 g/mol. The number of carbonyl (C=O) groups is 1. The zero-order valence-corrected chi connectivity index (χ0v) is 16.0. The minimum Gasteiger partial charge on any atom is -0.336 e. The van der Waals surface area contributed by atoms with E-state index in [2.05, 4.69) is 4.72 Å². The summed E-state index contributed by atoms with van der Waals surface area (Å²) in [6.45, 7) is 1.07. The number of piperazine rings is 1. The summed E-state index contributed by atoms with van der Waals surface area (Å²) >= 11 is 0. The quantitative estimate of drug-likeness (QED) is 0.738. The minimum absolute atomic E-state index is 0.215. The Hall–Kier alpha value is -1.69. The summed E-state index contributed by atoms with van der Waals surface area (Å²) in [6, 6.07) is 6.11. The minimum atomic E-state index is -3.47. The molecule has 2 rings (SSSR count). The second kappa shape index (κ2) is 7.28. The maximum Gasteiger partial charge on any atom is 0.281 e. The molecule has 0 unspecified atom stereocenters. The lowest BCUT2D eigenvalue weighted by atomic mass is 10.1. The molecule has 0 saturated carbocycles. The zero-order chi connectivity index (χ0) is 18.8. The van der Waals surface area contributed by atoms with Crippen LogP contribution in [0.25, 0.3) is 0 Å². The van der Waals surface area contributed by atoms with Gasteiger partial charge in [0, 0.05) is 51.5 Å². The number of benzene rings is 1.